The molecule has 2 N–H and O–H groups in total. The van der Waals surface area contributed by atoms with Crippen molar-refractivity contribution in [1.82, 2.24) is 20.4 Å². The Labute approximate surface area is 172 Å². The molecule has 1 aromatic heterocycles. The van der Waals surface area contributed by atoms with E-state index in [1.807, 2.05) is 31.2 Å². The van der Waals surface area contributed by atoms with Gasteiger partial charge in [-0.15, -0.1) is 24.0 Å². The number of guanidine groups is 1. The zero-order chi connectivity index (χ0) is 17.5. The van der Waals surface area contributed by atoms with Crippen LogP contribution >= 0.6 is 35.6 Å². The fourth-order valence-corrected chi connectivity index (χ4v) is 2.76. The number of aryl methyl sites for hydroxylation is 2. The second-order valence-corrected chi connectivity index (χ2v) is 6.59. The highest BCUT2D eigenvalue weighted by Crippen LogP contribution is 2.10. The van der Waals surface area contributed by atoms with E-state index in [2.05, 4.69) is 45.3 Å². The van der Waals surface area contributed by atoms with Crippen molar-refractivity contribution in [3.63, 3.8) is 0 Å². The molecule has 0 amide bonds. The SMILES string of the molecule is CN=C(NCc1cccc(Cl)c1)NCC(C)Cn1nc(C)cc1C.I. The first-order valence-electron chi connectivity index (χ1n) is 8.18. The summed E-state index contributed by atoms with van der Waals surface area (Å²) in [5, 5.41) is 11.9. The fourth-order valence-electron chi connectivity index (χ4n) is 2.54. The monoisotopic (exact) mass is 475 g/mol. The van der Waals surface area contributed by atoms with E-state index in [-0.39, 0.29) is 24.0 Å². The molecule has 138 valence electrons. The second kappa shape index (κ2) is 10.7. The van der Waals surface area contributed by atoms with Crippen LogP contribution in [-0.2, 0) is 13.1 Å². The summed E-state index contributed by atoms with van der Waals surface area (Å²) in [7, 11) is 1.78. The Kier molecular flexibility index (Phi) is 9.27. The lowest BCUT2D eigenvalue weighted by Crippen LogP contribution is -2.39. The van der Waals surface area contributed by atoms with E-state index in [1.165, 1.54) is 5.69 Å². The number of hydrogen-bond acceptors (Lipinski definition) is 2. The van der Waals surface area contributed by atoms with Crippen molar-refractivity contribution in [2.75, 3.05) is 13.6 Å². The maximum Gasteiger partial charge on any atom is 0.191 e. The number of rotatable bonds is 6. The number of benzene rings is 1. The van der Waals surface area contributed by atoms with E-state index < -0.39 is 0 Å². The van der Waals surface area contributed by atoms with E-state index >= 15 is 0 Å². The Balaban J connectivity index is 0.00000312. The number of hydrogen-bond donors (Lipinski definition) is 2. The predicted octanol–water partition coefficient (Wildman–Crippen LogP) is 3.77. The van der Waals surface area contributed by atoms with Gasteiger partial charge < -0.3 is 10.6 Å². The van der Waals surface area contributed by atoms with E-state index in [1.54, 1.807) is 7.05 Å². The molecule has 7 heteroatoms. The molecule has 1 atom stereocenters. The standard InChI is InChI=1S/C18H26ClN5.HI/c1-13(12-24-15(3)8-14(2)23-24)10-21-18(20-4)22-11-16-6-5-7-17(19)9-16;/h5-9,13H,10-12H2,1-4H3,(H2,20,21,22);1H. The molecule has 0 aliphatic rings. The first-order chi connectivity index (χ1) is 11.5. The minimum atomic E-state index is 0. The zero-order valence-corrected chi connectivity index (χ0v) is 18.3. The second-order valence-electron chi connectivity index (χ2n) is 6.15. The van der Waals surface area contributed by atoms with Crippen molar-refractivity contribution in [1.29, 1.82) is 0 Å². The fraction of sp³-hybridized carbons (Fsp3) is 0.444. The average molecular weight is 476 g/mol. The van der Waals surface area contributed by atoms with Crippen molar-refractivity contribution in [3.05, 3.63) is 52.3 Å². The van der Waals surface area contributed by atoms with Gasteiger partial charge in [0.2, 0.25) is 0 Å². The van der Waals surface area contributed by atoms with Crippen LogP contribution < -0.4 is 10.6 Å². The molecule has 1 heterocycles. The Bertz CT molecular complexity index is 699. The molecule has 0 fully saturated rings. The molecule has 25 heavy (non-hydrogen) atoms. The third kappa shape index (κ3) is 7.23. The van der Waals surface area contributed by atoms with Gasteiger partial charge >= 0.3 is 0 Å². The number of aliphatic imine (C=N–C) groups is 1. The van der Waals surface area contributed by atoms with Crippen molar-refractivity contribution < 1.29 is 0 Å². The number of nitrogens with zero attached hydrogens (tertiary/aromatic N) is 3. The average Bonchev–Trinajstić information content (AvgIpc) is 2.85. The van der Waals surface area contributed by atoms with Crippen molar-refractivity contribution >= 4 is 41.5 Å². The van der Waals surface area contributed by atoms with Crippen molar-refractivity contribution in [2.24, 2.45) is 10.9 Å². The third-order valence-electron chi connectivity index (χ3n) is 3.78. The molecule has 2 aromatic rings. The first-order valence-corrected chi connectivity index (χ1v) is 8.55. The molecule has 0 bridgehead atoms. The quantitative estimate of drug-likeness (QED) is 0.380. The summed E-state index contributed by atoms with van der Waals surface area (Å²) >= 11 is 6.01. The van der Waals surface area contributed by atoms with Gasteiger partial charge in [0.05, 0.1) is 5.69 Å². The lowest BCUT2D eigenvalue weighted by atomic mass is 10.2. The molecular weight excluding hydrogens is 449 g/mol. The summed E-state index contributed by atoms with van der Waals surface area (Å²) in [4.78, 5) is 4.27. The zero-order valence-electron chi connectivity index (χ0n) is 15.2. The van der Waals surface area contributed by atoms with E-state index in [4.69, 9.17) is 11.6 Å². The minimum Gasteiger partial charge on any atom is -0.356 e. The number of aromatic nitrogens is 2. The third-order valence-corrected chi connectivity index (χ3v) is 4.01. The van der Waals surface area contributed by atoms with Gasteiger partial charge in [0, 0.05) is 37.4 Å². The molecule has 0 radical (unpaired) electrons. The first kappa shape index (κ1) is 21.8. The van der Waals surface area contributed by atoms with Gasteiger partial charge in [-0.3, -0.25) is 9.67 Å². The maximum atomic E-state index is 6.01. The van der Waals surface area contributed by atoms with Gasteiger partial charge in [0.25, 0.3) is 0 Å². The van der Waals surface area contributed by atoms with Crippen LogP contribution in [0.25, 0.3) is 0 Å². The smallest absolute Gasteiger partial charge is 0.191 e. The van der Waals surface area contributed by atoms with Crippen LogP contribution in [-0.4, -0.2) is 29.3 Å². The van der Waals surface area contributed by atoms with Crippen LogP contribution in [0.1, 0.15) is 23.9 Å². The Hall–Kier alpha value is -1.28. The number of halogens is 2. The molecule has 5 nitrogen and oxygen atoms in total. The molecule has 0 spiro atoms. The van der Waals surface area contributed by atoms with Crippen LogP contribution in [0.15, 0.2) is 35.3 Å². The van der Waals surface area contributed by atoms with Crippen LogP contribution in [0.4, 0.5) is 0 Å². The largest absolute Gasteiger partial charge is 0.356 e. The highest BCUT2D eigenvalue weighted by atomic mass is 127. The van der Waals surface area contributed by atoms with Crippen LogP contribution in [0.3, 0.4) is 0 Å². The van der Waals surface area contributed by atoms with Gasteiger partial charge in [-0.1, -0.05) is 30.7 Å². The summed E-state index contributed by atoms with van der Waals surface area (Å²) in [6.45, 7) is 8.71. The van der Waals surface area contributed by atoms with Gasteiger partial charge in [-0.05, 0) is 43.5 Å². The van der Waals surface area contributed by atoms with Crippen molar-refractivity contribution in [3.8, 4) is 0 Å². The molecule has 0 aliphatic carbocycles. The highest BCUT2D eigenvalue weighted by Gasteiger charge is 2.08. The minimum absolute atomic E-state index is 0. The Morgan fingerprint density at radius 1 is 1.28 bits per heavy atom. The van der Waals surface area contributed by atoms with Crippen molar-refractivity contribution in [2.45, 2.75) is 33.9 Å². The van der Waals surface area contributed by atoms with Crippen LogP contribution in [0.5, 0.6) is 0 Å². The highest BCUT2D eigenvalue weighted by molar-refractivity contribution is 14.0. The Morgan fingerprint density at radius 3 is 2.64 bits per heavy atom. The maximum absolute atomic E-state index is 6.01. The van der Waals surface area contributed by atoms with Gasteiger partial charge in [-0.2, -0.15) is 5.10 Å². The molecule has 0 saturated heterocycles. The van der Waals surface area contributed by atoms with Crippen LogP contribution in [0.2, 0.25) is 5.02 Å². The Morgan fingerprint density at radius 2 is 2.04 bits per heavy atom. The summed E-state index contributed by atoms with van der Waals surface area (Å²) < 4.78 is 2.06. The summed E-state index contributed by atoms with van der Waals surface area (Å²) in [5.74, 6) is 1.22. The summed E-state index contributed by atoms with van der Waals surface area (Å²) in [6.07, 6.45) is 0. The van der Waals surface area contributed by atoms with E-state index in [0.29, 0.717) is 12.5 Å². The number of nitrogens with one attached hydrogen (secondary N) is 2. The topological polar surface area (TPSA) is 54.2 Å². The van der Waals surface area contributed by atoms with Gasteiger partial charge in [0.15, 0.2) is 5.96 Å². The predicted molar refractivity (Wildman–Crippen MR) is 116 cm³/mol. The molecule has 2 rings (SSSR count). The molecule has 1 unspecified atom stereocenters. The summed E-state index contributed by atoms with van der Waals surface area (Å²) in [5.41, 5.74) is 3.38. The van der Waals surface area contributed by atoms with Gasteiger partial charge in [-0.25, -0.2) is 0 Å². The van der Waals surface area contributed by atoms with E-state index in [9.17, 15) is 0 Å². The molecule has 1 aromatic carbocycles. The summed E-state index contributed by atoms with van der Waals surface area (Å²) in [6, 6.07) is 9.92. The molecular formula is C18H27ClIN5. The lowest BCUT2D eigenvalue weighted by Gasteiger charge is -2.17. The normalized spacial score (nSPS) is 12.4. The molecule has 0 aliphatic heterocycles. The van der Waals surface area contributed by atoms with Crippen LogP contribution in [0, 0.1) is 19.8 Å². The van der Waals surface area contributed by atoms with Gasteiger partial charge in [0.1, 0.15) is 0 Å². The van der Waals surface area contributed by atoms with E-state index in [0.717, 1.165) is 35.3 Å². The molecule has 0 saturated carbocycles. The lowest BCUT2D eigenvalue weighted by molar-refractivity contribution is 0.436.